The van der Waals surface area contributed by atoms with Crippen LogP contribution in [0.2, 0.25) is 0 Å². The molecule has 2 aromatic rings. The first-order chi connectivity index (χ1) is 12.5. The highest BCUT2D eigenvalue weighted by Crippen LogP contribution is 2.45. The summed E-state index contributed by atoms with van der Waals surface area (Å²) in [5.41, 5.74) is -1.51. The van der Waals surface area contributed by atoms with Gasteiger partial charge >= 0.3 is 12.1 Å². The number of rotatable bonds is 3. The van der Waals surface area contributed by atoms with Gasteiger partial charge in [-0.15, -0.1) is 0 Å². The highest BCUT2D eigenvalue weighted by atomic mass is 79.9. The van der Waals surface area contributed by atoms with Crippen molar-refractivity contribution in [1.29, 1.82) is 0 Å². The maximum atomic E-state index is 14.2. The van der Waals surface area contributed by atoms with E-state index in [0.29, 0.717) is 10.5 Å². The number of nitrogens with zero attached hydrogens (tertiary/aromatic N) is 2. The lowest BCUT2D eigenvalue weighted by Gasteiger charge is -2.24. The molecule has 0 fully saturated rings. The van der Waals surface area contributed by atoms with E-state index in [-0.39, 0.29) is 11.3 Å². The Bertz CT molecular complexity index is 895. The Morgan fingerprint density at radius 3 is 2.30 bits per heavy atom. The van der Waals surface area contributed by atoms with Crippen molar-refractivity contribution in [2.24, 2.45) is 5.10 Å². The molecule has 27 heavy (non-hydrogen) atoms. The highest BCUT2D eigenvalue weighted by Gasteiger charge is 2.63. The molecular weight excluding hydrogens is 445 g/mol. The van der Waals surface area contributed by atoms with Gasteiger partial charge in [0.2, 0.25) is 0 Å². The molecule has 1 aliphatic heterocycles. The molecule has 10 heteroatoms. The van der Waals surface area contributed by atoms with Crippen LogP contribution in [-0.4, -0.2) is 17.8 Å². The molecule has 1 unspecified atom stereocenters. The lowest BCUT2D eigenvalue weighted by Crippen LogP contribution is -2.43. The SMILES string of the molecule is Fc1ccc(C2CC(C(F)(F)C(F)(F)F)=NN2c2cccc(Br)c2)c(F)c1. The molecule has 3 rings (SSSR count). The topological polar surface area (TPSA) is 15.6 Å². The first kappa shape index (κ1) is 19.7. The average molecular weight is 455 g/mol. The Hall–Kier alpha value is -2.10. The van der Waals surface area contributed by atoms with Crippen LogP contribution in [0, 0.1) is 11.6 Å². The van der Waals surface area contributed by atoms with Gasteiger partial charge in [-0.25, -0.2) is 8.78 Å². The van der Waals surface area contributed by atoms with Crippen molar-refractivity contribution in [3.63, 3.8) is 0 Å². The molecule has 1 heterocycles. The van der Waals surface area contributed by atoms with Crippen LogP contribution in [0.4, 0.5) is 36.4 Å². The number of halogens is 8. The fourth-order valence-electron chi connectivity index (χ4n) is 2.73. The van der Waals surface area contributed by atoms with E-state index in [4.69, 9.17) is 0 Å². The Labute approximate surface area is 157 Å². The average Bonchev–Trinajstić information content (AvgIpc) is 2.99. The van der Waals surface area contributed by atoms with Gasteiger partial charge in [-0.2, -0.15) is 27.1 Å². The second kappa shape index (κ2) is 6.81. The molecule has 0 spiro atoms. The molecule has 0 aliphatic carbocycles. The Balaban J connectivity index is 2.10. The Morgan fingerprint density at radius 2 is 1.70 bits per heavy atom. The van der Waals surface area contributed by atoms with Gasteiger partial charge in [0.1, 0.15) is 17.3 Å². The molecule has 2 nitrogen and oxygen atoms in total. The van der Waals surface area contributed by atoms with Crippen LogP contribution in [0.15, 0.2) is 52.0 Å². The number of hydrogen-bond acceptors (Lipinski definition) is 2. The van der Waals surface area contributed by atoms with Gasteiger partial charge in [0.05, 0.1) is 11.7 Å². The predicted molar refractivity (Wildman–Crippen MR) is 88.8 cm³/mol. The van der Waals surface area contributed by atoms with Crippen LogP contribution in [0.25, 0.3) is 0 Å². The van der Waals surface area contributed by atoms with Crippen molar-refractivity contribution in [2.45, 2.75) is 24.6 Å². The van der Waals surface area contributed by atoms with Crippen molar-refractivity contribution < 1.29 is 30.7 Å². The molecular formula is C17H10BrF7N2. The molecule has 1 aliphatic rings. The van der Waals surface area contributed by atoms with Gasteiger partial charge in [-0.3, -0.25) is 5.01 Å². The number of hydrogen-bond donors (Lipinski definition) is 0. The quantitative estimate of drug-likeness (QED) is 0.501. The molecule has 0 aromatic heterocycles. The van der Waals surface area contributed by atoms with Crippen LogP contribution in [0.1, 0.15) is 18.0 Å². The van der Waals surface area contributed by atoms with E-state index < -0.39 is 41.9 Å². The summed E-state index contributed by atoms with van der Waals surface area (Å²) in [6.45, 7) is 0. The maximum Gasteiger partial charge on any atom is 0.459 e. The van der Waals surface area contributed by atoms with Crippen LogP contribution >= 0.6 is 15.9 Å². The van der Waals surface area contributed by atoms with E-state index in [1.165, 1.54) is 18.2 Å². The van der Waals surface area contributed by atoms with Crippen molar-refractivity contribution in [3.8, 4) is 0 Å². The summed E-state index contributed by atoms with van der Waals surface area (Å²) in [4.78, 5) is 0. The molecule has 0 bridgehead atoms. The molecule has 1 atom stereocenters. The van der Waals surface area contributed by atoms with E-state index in [0.717, 1.165) is 17.1 Å². The zero-order chi connectivity index (χ0) is 20.0. The normalized spacial score (nSPS) is 18.0. The van der Waals surface area contributed by atoms with E-state index in [2.05, 4.69) is 21.0 Å². The predicted octanol–water partition coefficient (Wildman–Crippen LogP) is 6.23. The molecule has 2 aromatic carbocycles. The smallest absolute Gasteiger partial charge is 0.257 e. The van der Waals surface area contributed by atoms with Gasteiger partial charge in [-0.1, -0.05) is 28.1 Å². The third-order valence-corrected chi connectivity index (χ3v) is 4.52. The van der Waals surface area contributed by atoms with Crippen molar-refractivity contribution in [1.82, 2.24) is 0 Å². The van der Waals surface area contributed by atoms with Crippen molar-refractivity contribution >= 4 is 27.3 Å². The minimum Gasteiger partial charge on any atom is -0.257 e. The summed E-state index contributed by atoms with van der Waals surface area (Å²) >= 11 is 3.17. The third-order valence-electron chi connectivity index (χ3n) is 4.02. The summed E-state index contributed by atoms with van der Waals surface area (Å²) in [6.07, 6.45) is -6.72. The zero-order valence-corrected chi connectivity index (χ0v) is 14.8. The number of benzene rings is 2. The third kappa shape index (κ3) is 3.67. The van der Waals surface area contributed by atoms with Crippen LogP contribution in [-0.2, 0) is 0 Å². The standard InChI is InChI=1S/C17H10BrF7N2/c18-9-2-1-3-11(6-9)27-14(12-5-4-10(19)7-13(12)20)8-15(26-27)16(21,22)17(23,24)25/h1-7,14H,8H2. The minimum absolute atomic E-state index is 0.172. The van der Waals surface area contributed by atoms with Crippen LogP contribution < -0.4 is 5.01 Å². The second-order valence-corrected chi connectivity index (χ2v) is 6.74. The number of alkyl halides is 5. The monoisotopic (exact) mass is 454 g/mol. The lowest BCUT2D eigenvalue weighted by molar-refractivity contribution is -0.249. The van der Waals surface area contributed by atoms with Crippen LogP contribution in [0.5, 0.6) is 0 Å². The van der Waals surface area contributed by atoms with Crippen molar-refractivity contribution in [2.75, 3.05) is 5.01 Å². The van der Waals surface area contributed by atoms with Gasteiger partial charge in [0.15, 0.2) is 0 Å². The Kier molecular flexibility index (Phi) is 4.96. The van der Waals surface area contributed by atoms with Gasteiger partial charge in [-0.05, 0) is 24.3 Å². The molecule has 0 amide bonds. The molecule has 144 valence electrons. The zero-order valence-electron chi connectivity index (χ0n) is 13.2. The van der Waals surface area contributed by atoms with E-state index in [1.807, 2.05) is 0 Å². The lowest BCUT2D eigenvalue weighted by atomic mass is 9.98. The van der Waals surface area contributed by atoms with E-state index >= 15 is 0 Å². The number of anilines is 1. The molecule has 0 N–H and O–H groups in total. The van der Waals surface area contributed by atoms with Gasteiger partial charge in [0, 0.05) is 22.5 Å². The summed E-state index contributed by atoms with van der Waals surface area (Å²) in [6, 6.07) is 7.15. The van der Waals surface area contributed by atoms with Gasteiger partial charge < -0.3 is 0 Å². The minimum atomic E-state index is -5.84. The largest absolute Gasteiger partial charge is 0.459 e. The first-order valence-electron chi connectivity index (χ1n) is 7.53. The van der Waals surface area contributed by atoms with E-state index in [9.17, 15) is 30.7 Å². The van der Waals surface area contributed by atoms with E-state index in [1.54, 1.807) is 6.07 Å². The summed E-state index contributed by atoms with van der Waals surface area (Å²) < 4.78 is 93.8. The summed E-state index contributed by atoms with van der Waals surface area (Å²) in [5.74, 6) is -7.14. The summed E-state index contributed by atoms with van der Waals surface area (Å²) in [5, 5.41) is 4.34. The van der Waals surface area contributed by atoms with Gasteiger partial charge in [0.25, 0.3) is 0 Å². The second-order valence-electron chi connectivity index (χ2n) is 5.83. The summed E-state index contributed by atoms with van der Waals surface area (Å²) in [7, 11) is 0. The fraction of sp³-hybridized carbons (Fsp3) is 0.235. The Morgan fingerprint density at radius 1 is 1.00 bits per heavy atom. The maximum absolute atomic E-state index is 14.2. The molecule has 0 saturated heterocycles. The van der Waals surface area contributed by atoms with Crippen molar-refractivity contribution in [3.05, 3.63) is 64.1 Å². The molecule has 0 radical (unpaired) electrons. The number of hydrazone groups is 1. The van der Waals surface area contributed by atoms with Crippen LogP contribution in [0.3, 0.4) is 0 Å². The molecule has 0 saturated carbocycles. The highest BCUT2D eigenvalue weighted by molar-refractivity contribution is 9.10. The fourth-order valence-corrected chi connectivity index (χ4v) is 3.12. The first-order valence-corrected chi connectivity index (χ1v) is 8.32.